The Morgan fingerprint density at radius 1 is 1.20 bits per heavy atom. The molecule has 1 amide bonds. The standard InChI is InChI=1S/C26H27FN6O7S/c1-15(10-18-19(11-16(27)13-28-18)32-14-17(34)12-23(32)35)41(36,37)31-26-30-29-25(22-8-5-9-40-22)33(26)24-20(38-2)6-4-7-21(24)39-3/h4-9,11,13,15,17,34H,10,12,14H2,1-3H3,(H,30,31)/t15-,17+/m0/s1. The third kappa shape index (κ3) is 5.45. The maximum Gasteiger partial charge on any atom is 0.243 e. The van der Waals surface area contributed by atoms with Crippen LogP contribution in [0.3, 0.4) is 0 Å². The number of β-amino-alcohol motifs (C(OH)–C–C–N with tert-alkyl or cyclic N) is 1. The first kappa shape index (κ1) is 28.0. The first-order valence-corrected chi connectivity index (χ1v) is 14.0. The smallest absolute Gasteiger partial charge is 0.243 e. The quantitative estimate of drug-likeness (QED) is 0.282. The minimum Gasteiger partial charge on any atom is -0.494 e. The summed E-state index contributed by atoms with van der Waals surface area (Å²) in [6.07, 6.45) is 1.18. The zero-order chi connectivity index (χ0) is 29.3. The first-order valence-electron chi connectivity index (χ1n) is 12.5. The van der Waals surface area contributed by atoms with Gasteiger partial charge in [0.1, 0.15) is 23.0 Å². The highest BCUT2D eigenvalue weighted by molar-refractivity contribution is 7.93. The van der Waals surface area contributed by atoms with E-state index < -0.39 is 33.1 Å². The minimum absolute atomic E-state index is 0.0459. The number of halogens is 1. The van der Waals surface area contributed by atoms with Gasteiger partial charge in [0, 0.05) is 12.5 Å². The Morgan fingerprint density at radius 3 is 2.54 bits per heavy atom. The summed E-state index contributed by atoms with van der Waals surface area (Å²) in [4.78, 5) is 17.7. The lowest BCUT2D eigenvalue weighted by Crippen LogP contribution is -2.31. The number of aromatic nitrogens is 4. The van der Waals surface area contributed by atoms with Crippen LogP contribution in [0.4, 0.5) is 16.0 Å². The summed E-state index contributed by atoms with van der Waals surface area (Å²) < 4.78 is 61.8. The van der Waals surface area contributed by atoms with Crippen molar-refractivity contribution in [1.29, 1.82) is 0 Å². The largest absolute Gasteiger partial charge is 0.494 e. The molecule has 0 spiro atoms. The van der Waals surface area contributed by atoms with Gasteiger partial charge < -0.3 is 23.9 Å². The average molecular weight is 587 g/mol. The molecule has 1 saturated heterocycles. The van der Waals surface area contributed by atoms with Gasteiger partial charge in [-0.15, -0.1) is 10.2 Å². The van der Waals surface area contributed by atoms with Gasteiger partial charge in [-0.25, -0.2) is 12.8 Å². The van der Waals surface area contributed by atoms with Gasteiger partial charge >= 0.3 is 0 Å². The predicted octanol–water partition coefficient (Wildman–Crippen LogP) is 2.55. The van der Waals surface area contributed by atoms with Crippen molar-refractivity contribution in [2.24, 2.45) is 0 Å². The predicted molar refractivity (Wildman–Crippen MR) is 145 cm³/mol. The van der Waals surface area contributed by atoms with E-state index in [-0.39, 0.29) is 42.5 Å². The van der Waals surface area contributed by atoms with Crippen molar-refractivity contribution < 1.29 is 36.6 Å². The van der Waals surface area contributed by atoms with Gasteiger partial charge in [-0.3, -0.25) is 19.1 Å². The van der Waals surface area contributed by atoms with E-state index in [1.807, 2.05) is 0 Å². The van der Waals surface area contributed by atoms with Crippen molar-refractivity contribution in [1.82, 2.24) is 19.7 Å². The van der Waals surface area contributed by atoms with E-state index in [0.717, 1.165) is 12.3 Å². The van der Waals surface area contributed by atoms with E-state index in [4.69, 9.17) is 13.9 Å². The fraction of sp³-hybridized carbons (Fsp3) is 0.308. The molecule has 216 valence electrons. The lowest BCUT2D eigenvalue weighted by Gasteiger charge is -2.21. The van der Waals surface area contributed by atoms with E-state index in [9.17, 15) is 22.7 Å². The molecule has 41 heavy (non-hydrogen) atoms. The molecule has 1 aliphatic heterocycles. The normalized spacial score (nSPS) is 16.2. The number of aliphatic hydroxyl groups is 1. The second kappa shape index (κ2) is 11.2. The summed E-state index contributed by atoms with van der Waals surface area (Å²) >= 11 is 0. The summed E-state index contributed by atoms with van der Waals surface area (Å²) in [6, 6.07) is 9.44. The molecule has 1 aromatic carbocycles. The summed E-state index contributed by atoms with van der Waals surface area (Å²) in [5.74, 6) is -0.0966. The van der Waals surface area contributed by atoms with Gasteiger partial charge in [-0.1, -0.05) is 6.07 Å². The Balaban J connectivity index is 1.52. The Morgan fingerprint density at radius 2 is 1.93 bits per heavy atom. The van der Waals surface area contributed by atoms with E-state index in [1.165, 1.54) is 36.9 Å². The van der Waals surface area contributed by atoms with Gasteiger partial charge in [0.05, 0.1) is 62.4 Å². The lowest BCUT2D eigenvalue weighted by molar-refractivity contribution is -0.117. The molecule has 5 rings (SSSR count). The molecule has 4 heterocycles. The van der Waals surface area contributed by atoms with Crippen molar-refractivity contribution in [3.63, 3.8) is 0 Å². The SMILES string of the molecule is COc1cccc(OC)c1-n1c(NS(=O)(=O)[C@@H](C)Cc2ncc(F)cc2N2C[C@H](O)CC2=O)nnc1-c1ccco1. The lowest BCUT2D eigenvalue weighted by atomic mass is 10.2. The molecule has 1 fully saturated rings. The number of aliphatic hydroxyl groups excluding tert-OH is 1. The molecule has 15 heteroatoms. The van der Waals surface area contributed by atoms with Gasteiger partial charge in [0.25, 0.3) is 0 Å². The number of carbonyl (C=O) groups is 1. The van der Waals surface area contributed by atoms with E-state index in [1.54, 1.807) is 30.3 Å². The maximum atomic E-state index is 14.1. The highest BCUT2D eigenvalue weighted by atomic mass is 32.2. The number of pyridine rings is 1. The van der Waals surface area contributed by atoms with Crippen molar-refractivity contribution in [2.45, 2.75) is 31.1 Å². The van der Waals surface area contributed by atoms with Crippen molar-refractivity contribution >= 4 is 27.6 Å². The molecular weight excluding hydrogens is 559 g/mol. The fourth-order valence-corrected chi connectivity index (χ4v) is 5.52. The molecular formula is C26H27FN6O7S. The van der Waals surface area contributed by atoms with Gasteiger partial charge in [-0.05, 0) is 31.2 Å². The molecule has 0 saturated carbocycles. The van der Waals surface area contributed by atoms with Crippen molar-refractivity contribution in [2.75, 3.05) is 30.4 Å². The van der Waals surface area contributed by atoms with Crippen LogP contribution in [0.25, 0.3) is 17.3 Å². The second-order valence-electron chi connectivity index (χ2n) is 9.31. The molecule has 2 atom stereocenters. The Bertz CT molecular complexity index is 1650. The number of carbonyl (C=O) groups excluding carboxylic acids is 1. The number of hydrogen-bond acceptors (Lipinski definition) is 10. The third-order valence-corrected chi connectivity index (χ3v) is 8.28. The number of nitrogens with zero attached hydrogens (tertiary/aromatic N) is 5. The summed E-state index contributed by atoms with van der Waals surface area (Å²) in [6.45, 7) is 1.39. The van der Waals surface area contributed by atoms with Gasteiger partial charge in [0.15, 0.2) is 5.76 Å². The van der Waals surface area contributed by atoms with E-state index >= 15 is 0 Å². The number of furan rings is 1. The molecule has 13 nitrogen and oxygen atoms in total. The van der Waals surface area contributed by atoms with Crippen LogP contribution in [0.5, 0.6) is 11.5 Å². The molecule has 0 bridgehead atoms. The third-order valence-electron chi connectivity index (χ3n) is 6.58. The molecule has 4 aromatic rings. The zero-order valence-corrected chi connectivity index (χ0v) is 23.1. The number of para-hydroxylation sites is 1. The Labute approximate surface area is 234 Å². The molecule has 1 aliphatic rings. The average Bonchev–Trinajstić information content (AvgIpc) is 3.69. The highest BCUT2D eigenvalue weighted by Gasteiger charge is 2.33. The number of methoxy groups -OCH3 is 2. The Hall–Kier alpha value is -4.50. The van der Waals surface area contributed by atoms with Crippen LogP contribution in [-0.4, -0.2) is 71.3 Å². The number of nitrogens with one attached hydrogen (secondary N) is 1. The summed E-state index contributed by atoms with van der Waals surface area (Å²) in [7, 11) is -1.27. The topological polar surface area (TPSA) is 162 Å². The van der Waals surface area contributed by atoms with E-state index in [0.29, 0.717) is 22.9 Å². The number of ether oxygens (including phenoxy) is 2. The van der Waals surface area contributed by atoms with Crippen LogP contribution in [0, 0.1) is 5.82 Å². The second-order valence-corrected chi connectivity index (χ2v) is 11.4. The maximum absolute atomic E-state index is 14.1. The van der Waals surface area contributed by atoms with Crippen LogP contribution in [-0.2, 0) is 21.2 Å². The monoisotopic (exact) mass is 586 g/mol. The van der Waals surface area contributed by atoms with Gasteiger partial charge in [-0.2, -0.15) is 0 Å². The summed E-state index contributed by atoms with van der Waals surface area (Å²) in [5.41, 5.74) is 0.610. The molecule has 0 radical (unpaired) electrons. The molecule has 2 N–H and O–H groups in total. The molecule has 3 aromatic heterocycles. The zero-order valence-electron chi connectivity index (χ0n) is 22.3. The number of benzene rings is 1. The van der Waals surface area contributed by atoms with Crippen molar-refractivity contribution in [3.05, 3.63) is 60.4 Å². The first-order chi connectivity index (χ1) is 19.6. The number of hydrogen-bond donors (Lipinski definition) is 2. The van der Waals surface area contributed by atoms with Crippen LogP contribution in [0.2, 0.25) is 0 Å². The van der Waals surface area contributed by atoms with Crippen molar-refractivity contribution in [3.8, 4) is 28.8 Å². The molecule has 0 unspecified atom stereocenters. The number of anilines is 2. The van der Waals surface area contributed by atoms with Crippen LogP contribution in [0.1, 0.15) is 19.0 Å². The Kier molecular flexibility index (Phi) is 7.64. The number of rotatable bonds is 10. The van der Waals surface area contributed by atoms with E-state index in [2.05, 4.69) is 19.9 Å². The number of amides is 1. The minimum atomic E-state index is -4.18. The van der Waals surface area contributed by atoms with Crippen LogP contribution < -0.4 is 19.1 Å². The highest BCUT2D eigenvalue weighted by Crippen LogP contribution is 2.38. The number of sulfonamides is 1. The van der Waals surface area contributed by atoms with Gasteiger partial charge in [0.2, 0.25) is 27.7 Å². The molecule has 0 aliphatic carbocycles. The van der Waals surface area contributed by atoms with Crippen LogP contribution >= 0.6 is 0 Å². The summed E-state index contributed by atoms with van der Waals surface area (Å²) in [5, 5.41) is 17.0. The fourth-order valence-electron chi connectivity index (χ4n) is 4.56. The van der Waals surface area contributed by atoms with Crippen LogP contribution in [0.15, 0.2) is 53.3 Å².